The van der Waals surface area contributed by atoms with Gasteiger partial charge in [-0.05, 0) is 66.4 Å². The molecule has 0 bridgehead atoms. The Morgan fingerprint density at radius 1 is 1.13 bits per heavy atom. The van der Waals surface area contributed by atoms with Gasteiger partial charge in [0, 0.05) is 28.4 Å². The van der Waals surface area contributed by atoms with Gasteiger partial charge in [-0.1, -0.05) is 13.0 Å². The summed E-state index contributed by atoms with van der Waals surface area (Å²) in [5, 5.41) is 15.9. The van der Waals surface area contributed by atoms with E-state index in [1.54, 1.807) is 17.6 Å². The maximum atomic E-state index is 13.8. The molecule has 10 nitrogen and oxygen atoms in total. The molecule has 6 rings (SSSR count). The number of aromatic amines is 1. The van der Waals surface area contributed by atoms with Crippen molar-refractivity contribution >= 4 is 22.2 Å². The summed E-state index contributed by atoms with van der Waals surface area (Å²) in [7, 11) is 0. The Hall–Kier alpha value is -3.96. The molecule has 0 unspecified atom stereocenters. The maximum absolute atomic E-state index is 13.8. The Morgan fingerprint density at radius 2 is 1.95 bits per heavy atom. The fourth-order valence-corrected chi connectivity index (χ4v) is 5.58. The number of nitrogens with zero attached hydrogens (tertiary/aromatic N) is 5. The second-order valence-electron chi connectivity index (χ2n) is 10.2. The number of furan rings is 1. The average Bonchev–Trinajstić information content (AvgIpc) is 3.72. The van der Waals surface area contributed by atoms with Gasteiger partial charge in [0.15, 0.2) is 17.3 Å². The molecule has 1 atom stereocenters. The third-order valence-corrected chi connectivity index (χ3v) is 8.11. The number of pyridine rings is 1. The van der Waals surface area contributed by atoms with Crippen LogP contribution in [0.1, 0.15) is 55.3 Å². The van der Waals surface area contributed by atoms with Crippen molar-refractivity contribution in [3.63, 3.8) is 0 Å². The smallest absolute Gasteiger partial charge is 0.253 e. The number of aromatic nitrogens is 5. The molecule has 0 spiro atoms. The van der Waals surface area contributed by atoms with E-state index in [1.807, 2.05) is 46.5 Å². The van der Waals surface area contributed by atoms with Gasteiger partial charge < -0.3 is 18.9 Å². The van der Waals surface area contributed by atoms with Gasteiger partial charge in [-0.25, -0.2) is 4.68 Å². The lowest BCUT2D eigenvalue weighted by Crippen LogP contribution is -2.37. The summed E-state index contributed by atoms with van der Waals surface area (Å²) in [6.45, 7) is 8.26. The molecule has 0 saturated heterocycles. The first-order chi connectivity index (χ1) is 18.9. The van der Waals surface area contributed by atoms with Crippen molar-refractivity contribution in [3.8, 4) is 11.5 Å². The lowest BCUT2D eigenvalue weighted by atomic mass is 9.99. The molecule has 0 amide bonds. The highest BCUT2D eigenvalue weighted by atomic mass is 32.1. The Labute approximate surface area is 229 Å². The van der Waals surface area contributed by atoms with Crippen LogP contribution >= 0.6 is 11.3 Å². The van der Waals surface area contributed by atoms with Crippen LogP contribution in [0, 0.1) is 0 Å². The van der Waals surface area contributed by atoms with Crippen molar-refractivity contribution in [2.75, 3.05) is 13.2 Å². The predicted octanol–water partition coefficient (Wildman–Crippen LogP) is 4.88. The van der Waals surface area contributed by atoms with Gasteiger partial charge in [-0.15, -0.1) is 16.4 Å². The molecule has 1 aromatic carbocycles. The minimum Gasteiger partial charge on any atom is -0.486 e. The number of nitrogens with one attached hydrogen (secondary N) is 1. The van der Waals surface area contributed by atoms with Gasteiger partial charge in [-0.2, -0.15) is 0 Å². The molecule has 0 aliphatic carbocycles. The molecule has 0 saturated carbocycles. The molecule has 1 aliphatic rings. The molecule has 1 aliphatic heterocycles. The first-order valence-corrected chi connectivity index (χ1v) is 13.8. The molecule has 5 heterocycles. The molecular weight excluding hydrogens is 516 g/mol. The summed E-state index contributed by atoms with van der Waals surface area (Å²) < 4.78 is 19.2. The fourth-order valence-electron chi connectivity index (χ4n) is 4.85. The highest BCUT2D eigenvalue weighted by Crippen LogP contribution is 2.37. The van der Waals surface area contributed by atoms with Crippen molar-refractivity contribution in [1.29, 1.82) is 0 Å². The van der Waals surface area contributed by atoms with Crippen LogP contribution in [0.3, 0.4) is 0 Å². The molecule has 0 fully saturated rings. The van der Waals surface area contributed by atoms with E-state index in [9.17, 15) is 4.79 Å². The monoisotopic (exact) mass is 546 g/mol. The zero-order valence-electron chi connectivity index (χ0n) is 22.1. The molecule has 5 aromatic rings. The van der Waals surface area contributed by atoms with Crippen molar-refractivity contribution < 1.29 is 13.9 Å². The number of benzene rings is 1. The molecule has 1 N–H and O–H groups in total. The first kappa shape index (κ1) is 25.3. The molecule has 202 valence electrons. The fraction of sp³-hybridized carbons (Fsp3) is 0.357. The minimum absolute atomic E-state index is 0.219. The summed E-state index contributed by atoms with van der Waals surface area (Å²) in [6, 6.07) is 13.0. The number of hydrogen-bond acceptors (Lipinski definition) is 9. The summed E-state index contributed by atoms with van der Waals surface area (Å²) in [5.74, 6) is 2.65. The molecule has 39 heavy (non-hydrogen) atoms. The first-order valence-electron chi connectivity index (χ1n) is 13.0. The van der Waals surface area contributed by atoms with E-state index in [0.29, 0.717) is 54.7 Å². The average molecular weight is 547 g/mol. The third kappa shape index (κ3) is 4.95. The van der Waals surface area contributed by atoms with Crippen LogP contribution in [0.25, 0.3) is 10.9 Å². The Kier molecular flexibility index (Phi) is 6.69. The van der Waals surface area contributed by atoms with Crippen molar-refractivity contribution in [2.45, 2.75) is 51.9 Å². The quantitative estimate of drug-likeness (QED) is 0.279. The van der Waals surface area contributed by atoms with E-state index in [0.717, 1.165) is 22.4 Å². The molecule has 11 heteroatoms. The topological polar surface area (TPSA) is 111 Å². The van der Waals surface area contributed by atoms with Crippen molar-refractivity contribution in [2.24, 2.45) is 0 Å². The van der Waals surface area contributed by atoms with Crippen LogP contribution in [0.2, 0.25) is 0 Å². The molecular formula is C28H30N6O4S. The van der Waals surface area contributed by atoms with E-state index in [-0.39, 0.29) is 11.1 Å². The van der Waals surface area contributed by atoms with Gasteiger partial charge in [0.25, 0.3) is 5.56 Å². The van der Waals surface area contributed by atoms with E-state index in [1.165, 1.54) is 0 Å². The van der Waals surface area contributed by atoms with E-state index in [4.69, 9.17) is 13.9 Å². The summed E-state index contributed by atoms with van der Waals surface area (Å²) in [6.07, 6.45) is 2.46. The zero-order chi connectivity index (χ0) is 27.0. The van der Waals surface area contributed by atoms with E-state index < -0.39 is 6.04 Å². The van der Waals surface area contributed by atoms with E-state index >= 15 is 0 Å². The number of hydrogen-bond donors (Lipinski definition) is 1. The van der Waals surface area contributed by atoms with Crippen LogP contribution < -0.4 is 15.0 Å². The van der Waals surface area contributed by atoms with Crippen LogP contribution in [0.15, 0.2) is 63.3 Å². The van der Waals surface area contributed by atoms with Gasteiger partial charge in [0.1, 0.15) is 25.0 Å². The van der Waals surface area contributed by atoms with Gasteiger partial charge in [0.2, 0.25) is 0 Å². The normalized spacial score (nSPS) is 14.3. The standard InChI is InChI=1S/C28H30N6O4S/c1-4-28(2,3)34-26(30-31-32-34)25(33(16-19-7-5-9-36-19)17-20-8-6-12-39-20)21-13-18-14-23-24(38-11-10-37-23)15-22(18)29-27(21)35/h5-9,12-15,25H,4,10-11,16-17H2,1-3H3,(H,29,35)/t25-/m1/s1. The second-order valence-corrected chi connectivity index (χ2v) is 11.3. The Balaban J connectivity index is 1.55. The van der Waals surface area contributed by atoms with Crippen LogP contribution in [-0.2, 0) is 18.6 Å². The van der Waals surface area contributed by atoms with Gasteiger partial charge in [0.05, 0.1) is 23.9 Å². The van der Waals surface area contributed by atoms with Crippen LogP contribution in [-0.4, -0.2) is 43.3 Å². The highest BCUT2D eigenvalue weighted by Gasteiger charge is 2.35. The third-order valence-electron chi connectivity index (χ3n) is 7.25. The largest absolute Gasteiger partial charge is 0.486 e. The molecule has 0 radical (unpaired) electrons. The van der Waals surface area contributed by atoms with Gasteiger partial charge in [-0.3, -0.25) is 9.69 Å². The summed E-state index contributed by atoms with van der Waals surface area (Å²) >= 11 is 1.66. The second kappa shape index (κ2) is 10.3. The number of tetrazole rings is 1. The number of H-pyrrole nitrogens is 1. The van der Waals surface area contributed by atoms with Crippen LogP contribution in [0.5, 0.6) is 11.5 Å². The minimum atomic E-state index is -0.570. The zero-order valence-corrected chi connectivity index (χ0v) is 22.9. The van der Waals surface area contributed by atoms with E-state index in [2.05, 4.69) is 52.2 Å². The van der Waals surface area contributed by atoms with Crippen molar-refractivity contribution in [3.05, 3.63) is 86.5 Å². The Morgan fingerprint density at radius 3 is 2.67 bits per heavy atom. The number of ether oxygens (including phenoxy) is 2. The summed E-state index contributed by atoms with van der Waals surface area (Å²) in [5.41, 5.74) is 0.620. The van der Waals surface area contributed by atoms with Crippen molar-refractivity contribution in [1.82, 2.24) is 30.1 Å². The number of thiophene rings is 1. The lowest BCUT2D eigenvalue weighted by Gasteiger charge is -2.33. The van der Waals surface area contributed by atoms with Crippen LogP contribution in [0.4, 0.5) is 0 Å². The highest BCUT2D eigenvalue weighted by molar-refractivity contribution is 7.09. The Bertz CT molecular complexity index is 1590. The lowest BCUT2D eigenvalue weighted by molar-refractivity contribution is 0.169. The summed E-state index contributed by atoms with van der Waals surface area (Å²) in [4.78, 5) is 20.2. The van der Waals surface area contributed by atoms with Gasteiger partial charge >= 0.3 is 0 Å². The molecule has 4 aromatic heterocycles. The SMILES string of the molecule is CCC(C)(C)n1nnnc1[C@@H](c1cc2cc3c(cc2[nH]c1=O)OCCO3)N(Cc1ccco1)Cc1cccs1. The number of fused-ring (bicyclic) bond motifs is 2. The maximum Gasteiger partial charge on any atom is 0.253 e. The predicted molar refractivity (Wildman–Crippen MR) is 147 cm³/mol. The number of rotatable bonds is 9.